The van der Waals surface area contributed by atoms with E-state index in [-0.39, 0.29) is 16.9 Å². The molecule has 0 fully saturated rings. The minimum atomic E-state index is -5.74. The number of hydrogen-bond acceptors (Lipinski definition) is 4. The van der Waals surface area contributed by atoms with Crippen molar-refractivity contribution in [1.82, 2.24) is 0 Å². The standard InChI is InChI=1S/C15H11F5N2O3S/c1-8(23)9-2-4-13(22-26(24,25)15(18,19)20)14(6-9)21-12-5-3-10(16)7-11(12)17/h2-7,21-22H,1H3. The van der Waals surface area contributed by atoms with Gasteiger partial charge in [0.2, 0.25) is 0 Å². The second kappa shape index (κ2) is 6.90. The fraction of sp³-hybridized carbons (Fsp3) is 0.133. The Bertz CT molecular complexity index is 958. The van der Waals surface area contributed by atoms with Crippen LogP contribution in [0.25, 0.3) is 0 Å². The molecule has 0 aliphatic rings. The van der Waals surface area contributed by atoms with E-state index in [4.69, 9.17) is 0 Å². The summed E-state index contributed by atoms with van der Waals surface area (Å²) < 4.78 is 88.4. The molecule has 0 bridgehead atoms. The lowest BCUT2D eigenvalue weighted by Crippen LogP contribution is -2.30. The van der Waals surface area contributed by atoms with Crippen LogP contribution < -0.4 is 10.0 Å². The van der Waals surface area contributed by atoms with Crippen LogP contribution in [0.2, 0.25) is 0 Å². The number of benzene rings is 2. The molecule has 0 saturated carbocycles. The van der Waals surface area contributed by atoms with Crippen LogP contribution >= 0.6 is 0 Å². The Labute approximate surface area is 144 Å². The number of sulfonamides is 1. The number of rotatable bonds is 5. The van der Waals surface area contributed by atoms with Crippen molar-refractivity contribution in [2.75, 3.05) is 10.0 Å². The molecule has 11 heteroatoms. The van der Waals surface area contributed by atoms with Gasteiger partial charge in [0.25, 0.3) is 0 Å². The third kappa shape index (κ3) is 4.28. The maximum absolute atomic E-state index is 13.8. The van der Waals surface area contributed by atoms with Crippen LogP contribution in [0.1, 0.15) is 17.3 Å². The van der Waals surface area contributed by atoms with E-state index in [0.717, 1.165) is 30.3 Å². The molecule has 0 aliphatic heterocycles. The monoisotopic (exact) mass is 394 g/mol. The first-order chi connectivity index (χ1) is 11.9. The average Bonchev–Trinajstić information content (AvgIpc) is 2.50. The fourth-order valence-electron chi connectivity index (χ4n) is 1.89. The van der Waals surface area contributed by atoms with Crippen LogP contribution in [0.15, 0.2) is 36.4 Å². The van der Waals surface area contributed by atoms with Crippen molar-refractivity contribution in [3.8, 4) is 0 Å². The van der Waals surface area contributed by atoms with Gasteiger partial charge in [-0.2, -0.15) is 21.6 Å². The van der Waals surface area contributed by atoms with Gasteiger partial charge < -0.3 is 5.32 Å². The van der Waals surface area contributed by atoms with E-state index in [1.807, 2.05) is 0 Å². The predicted octanol–water partition coefficient (Wildman–Crippen LogP) is 4.17. The van der Waals surface area contributed by atoms with Gasteiger partial charge in [0.15, 0.2) is 5.78 Å². The number of Topliss-reactive ketones (excluding diaryl/α,β-unsaturated/α-hetero) is 1. The lowest BCUT2D eigenvalue weighted by Gasteiger charge is -2.16. The summed E-state index contributed by atoms with van der Waals surface area (Å²) in [6.07, 6.45) is 0. The zero-order chi connectivity index (χ0) is 19.7. The van der Waals surface area contributed by atoms with E-state index in [1.165, 1.54) is 11.6 Å². The van der Waals surface area contributed by atoms with Crippen molar-refractivity contribution in [2.45, 2.75) is 12.4 Å². The first-order valence-corrected chi connectivity index (χ1v) is 8.35. The molecule has 26 heavy (non-hydrogen) atoms. The van der Waals surface area contributed by atoms with Crippen molar-refractivity contribution in [2.24, 2.45) is 0 Å². The van der Waals surface area contributed by atoms with Crippen molar-refractivity contribution in [3.63, 3.8) is 0 Å². The summed E-state index contributed by atoms with van der Waals surface area (Å²) in [5.74, 6) is -2.41. The highest BCUT2D eigenvalue weighted by Crippen LogP contribution is 2.32. The van der Waals surface area contributed by atoms with Crippen molar-refractivity contribution < 1.29 is 35.2 Å². The smallest absolute Gasteiger partial charge is 0.351 e. The Morgan fingerprint density at radius 3 is 2.12 bits per heavy atom. The van der Waals surface area contributed by atoms with E-state index in [9.17, 15) is 35.2 Å². The summed E-state index contributed by atoms with van der Waals surface area (Å²) in [5, 5.41) is 2.35. The van der Waals surface area contributed by atoms with E-state index in [2.05, 4.69) is 5.32 Å². The van der Waals surface area contributed by atoms with Crippen molar-refractivity contribution >= 4 is 32.9 Å². The van der Waals surface area contributed by atoms with Crippen LogP contribution in [0.3, 0.4) is 0 Å². The van der Waals surface area contributed by atoms with E-state index in [1.54, 1.807) is 0 Å². The van der Waals surface area contributed by atoms with Gasteiger partial charge in [-0.25, -0.2) is 8.78 Å². The quantitative estimate of drug-likeness (QED) is 0.590. The Kier molecular flexibility index (Phi) is 5.21. The highest BCUT2D eigenvalue weighted by Gasteiger charge is 2.46. The molecule has 2 aromatic carbocycles. The predicted molar refractivity (Wildman–Crippen MR) is 84.7 cm³/mol. The second-order valence-electron chi connectivity index (χ2n) is 5.12. The molecular weight excluding hydrogens is 383 g/mol. The molecule has 0 unspecified atom stereocenters. The molecule has 140 valence electrons. The number of carbonyl (C=O) groups is 1. The van der Waals surface area contributed by atoms with Crippen molar-refractivity contribution in [1.29, 1.82) is 0 Å². The van der Waals surface area contributed by atoms with Gasteiger partial charge in [0.05, 0.1) is 17.1 Å². The third-order valence-electron chi connectivity index (χ3n) is 3.18. The number of carbonyl (C=O) groups excluding carboxylic acids is 1. The average molecular weight is 394 g/mol. The van der Waals surface area contributed by atoms with E-state index >= 15 is 0 Å². The van der Waals surface area contributed by atoms with Crippen LogP contribution in [-0.2, 0) is 10.0 Å². The molecule has 0 amide bonds. The lowest BCUT2D eigenvalue weighted by molar-refractivity contribution is -0.0429. The minimum absolute atomic E-state index is 0.0324. The molecule has 5 nitrogen and oxygen atoms in total. The molecule has 2 rings (SSSR count). The van der Waals surface area contributed by atoms with Gasteiger partial charge in [0.1, 0.15) is 11.6 Å². The number of anilines is 3. The molecule has 0 radical (unpaired) electrons. The van der Waals surface area contributed by atoms with Crippen LogP contribution in [-0.4, -0.2) is 19.7 Å². The highest BCUT2D eigenvalue weighted by atomic mass is 32.2. The zero-order valence-electron chi connectivity index (χ0n) is 13.0. The topological polar surface area (TPSA) is 75.3 Å². The summed E-state index contributed by atoms with van der Waals surface area (Å²) in [6.45, 7) is 1.18. The highest BCUT2D eigenvalue weighted by molar-refractivity contribution is 7.93. The number of nitrogens with one attached hydrogen (secondary N) is 2. The van der Waals surface area contributed by atoms with E-state index in [0.29, 0.717) is 6.07 Å². The first-order valence-electron chi connectivity index (χ1n) is 6.87. The maximum Gasteiger partial charge on any atom is 0.516 e. The molecular formula is C15H11F5N2O3S. The molecule has 0 aromatic heterocycles. The summed E-state index contributed by atoms with van der Waals surface area (Å²) in [5.41, 5.74) is -6.78. The van der Waals surface area contributed by atoms with E-state index < -0.39 is 38.6 Å². The van der Waals surface area contributed by atoms with Crippen LogP contribution in [0, 0.1) is 11.6 Å². The van der Waals surface area contributed by atoms with Crippen LogP contribution in [0.5, 0.6) is 0 Å². The molecule has 0 heterocycles. The van der Waals surface area contributed by atoms with Gasteiger partial charge in [-0.15, -0.1) is 0 Å². The lowest BCUT2D eigenvalue weighted by atomic mass is 10.1. The Morgan fingerprint density at radius 1 is 0.962 bits per heavy atom. The Hall–Kier alpha value is -2.69. The largest absolute Gasteiger partial charge is 0.516 e. The zero-order valence-corrected chi connectivity index (χ0v) is 13.8. The third-order valence-corrected chi connectivity index (χ3v) is 4.27. The Balaban J connectivity index is 2.51. The molecule has 0 spiro atoms. The Morgan fingerprint density at radius 2 is 1.58 bits per heavy atom. The van der Waals surface area contributed by atoms with Gasteiger partial charge >= 0.3 is 15.5 Å². The number of alkyl halides is 3. The van der Waals surface area contributed by atoms with Gasteiger partial charge in [-0.1, -0.05) is 0 Å². The normalized spacial score (nSPS) is 11.9. The second-order valence-corrected chi connectivity index (χ2v) is 6.79. The van der Waals surface area contributed by atoms with Gasteiger partial charge in [-0.05, 0) is 37.3 Å². The van der Waals surface area contributed by atoms with Crippen molar-refractivity contribution in [3.05, 3.63) is 53.6 Å². The minimum Gasteiger partial charge on any atom is -0.351 e. The molecule has 0 aliphatic carbocycles. The number of halogens is 5. The first kappa shape index (κ1) is 19.6. The summed E-state index contributed by atoms with van der Waals surface area (Å²) in [7, 11) is -5.74. The summed E-state index contributed by atoms with van der Waals surface area (Å²) >= 11 is 0. The molecule has 2 N–H and O–H groups in total. The number of hydrogen-bond donors (Lipinski definition) is 2. The fourth-order valence-corrected chi connectivity index (χ4v) is 2.48. The van der Waals surface area contributed by atoms with Gasteiger partial charge in [0, 0.05) is 11.6 Å². The SMILES string of the molecule is CC(=O)c1ccc(NS(=O)(=O)C(F)(F)F)c(Nc2ccc(F)cc2F)c1. The maximum atomic E-state index is 13.8. The molecule has 2 aromatic rings. The number of ketones is 1. The summed E-state index contributed by atoms with van der Waals surface area (Å²) in [4.78, 5) is 11.4. The van der Waals surface area contributed by atoms with Crippen LogP contribution in [0.4, 0.5) is 39.0 Å². The van der Waals surface area contributed by atoms with Gasteiger partial charge in [-0.3, -0.25) is 9.52 Å². The molecule has 0 saturated heterocycles. The summed E-state index contributed by atoms with van der Waals surface area (Å²) in [6, 6.07) is 5.44. The molecule has 0 atom stereocenters.